The number of rotatable bonds is 3. The first-order chi connectivity index (χ1) is 9.43. The summed E-state index contributed by atoms with van der Waals surface area (Å²) in [5.41, 5.74) is 1.76. The SMILES string of the molecule is COc1cc(-c2nc(C)oc2C)c(C(=O)N(C)C)cn1. The summed E-state index contributed by atoms with van der Waals surface area (Å²) in [7, 11) is 4.91. The van der Waals surface area contributed by atoms with Crippen molar-refractivity contribution in [2.24, 2.45) is 0 Å². The van der Waals surface area contributed by atoms with E-state index in [-0.39, 0.29) is 5.91 Å². The molecule has 0 bridgehead atoms. The zero-order valence-electron chi connectivity index (χ0n) is 12.2. The van der Waals surface area contributed by atoms with E-state index in [0.717, 1.165) is 0 Å². The minimum atomic E-state index is -0.143. The van der Waals surface area contributed by atoms with Crippen LogP contribution in [-0.4, -0.2) is 42.0 Å². The number of methoxy groups -OCH3 is 1. The molecule has 0 aliphatic rings. The quantitative estimate of drug-likeness (QED) is 0.857. The van der Waals surface area contributed by atoms with Crippen molar-refractivity contribution in [1.29, 1.82) is 0 Å². The van der Waals surface area contributed by atoms with E-state index in [0.29, 0.717) is 34.4 Å². The van der Waals surface area contributed by atoms with E-state index in [1.165, 1.54) is 18.2 Å². The number of oxazole rings is 1. The highest BCUT2D eigenvalue weighted by molar-refractivity contribution is 6.00. The van der Waals surface area contributed by atoms with Crippen LogP contribution in [0.5, 0.6) is 5.88 Å². The number of hydrogen-bond donors (Lipinski definition) is 0. The van der Waals surface area contributed by atoms with Crippen molar-refractivity contribution in [3.8, 4) is 17.1 Å². The highest BCUT2D eigenvalue weighted by atomic mass is 16.5. The molecule has 0 aromatic carbocycles. The summed E-state index contributed by atoms with van der Waals surface area (Å²) < 4.78 is 10.6. The van der Waals surface area contributed by atoms with Gasteiger partial charge in [-0.15, -0.1) is 0 Å². The lowest BCUT2D eigenvalue weighted by Gasteiger charge is -2.13. The Morgan fingerprint density at radius 1 is 1.35 bits per heavy atom. The summed E-state index contributed by atoms with van der Waals surface area (Å²) in [5.74, 6) is 1.49. The van der Waals surface area contributed by atoms with Crippen LogP contribution in [-0.2, 0) is 0 Å². The van der Waals surface area contributed by atoms with Gasteiger partial charge in [-0.3, -0.25) is 4.79 Å². The maximum Gasteiger partial charge on any atom is 0.255 e. The Morgan fingerprint density at radius 3 is 2.55 bits per heavy atom. The third-order valence-corrected chi connectivity index (χ3v) is 2.88. The molecule has 0 unspecified atom stereocenters. The van der Waals surface area contributed by atoms with Gasteiger partial charge in [-0.05, 0) is 6.92 Å². The van der Waals surface area contributed by atoms with Crippen LogP contribution in [0.3, 0.4) is 0 Å². The van der Waals surface area contributed by atoms with E-state index in [1.54, 1.807) is 27.1 Å². The Kier molecular flexibility index (Phi) is 3.74. The molecule has 0 fully saturated rings. The molecule has 106 valence electrons. The molecule has 0 aliphatic heterocycles. The van der Waals surface area contributed by atoms with Crippen LogP contribution in [0, 0.1) is 13.8 Å². The molecule has 0 radical (unpaired) electrons. The first kappa shape index (κ1) is 14.0. The lowest BCUT2D eigenvalue weighted by molar-refractivity contribution is 0.0828. The predicted octanol–water partition coefficient (Wildman–Crippen LogP) is 2.06. The standard InChI is InChI=1S/C14H17N3O3/c1-8-13(16-9(2)20-8)10-6-12(19-5)15-7-11(10)14(18)17(3)4/h6-7H,1-5H3. The summed E-state index contributed by atoms with van der Waals surface area (Å²) in [6.45, 7) is 3.58. The van der Waals surface area contributed by atoms with Gasteiger partial charge in [0.2, 0.25) is 5.88 Å². The van der Waals surface area contributed by atoms with E-state index in [1.807, 2.05) is 6.92 Å². The molecule has 2 aromatic rings. The molecule has 0 aliphatic carbocycles. The second-order valence-corrected chi connectivity index (χ2v) is 4.61. The second-order valence-electron chi connectivity index (χ2n) is 4.61. The number of pyridine rings is 1. The Labute approximate surface area is 117 Å². The van der Waals surface area contributed by atoms with E-state index in [2.05, 4.69) is 9.97 Å². The Bertz CT molecular complexity index is 647. The van der Waals surface area contributed by atoms with Gasteiger partial charge in [0.25, 0.3) is 5.91 Å². The van der Waals surface area contributed by atoms with Gasteiger partial charge >= 0.3 is 0 Å². The van der Waals surface area contributed by atoms with E-state index in [9.17, 15) is 4.79 Å². The van der Waals surface area contributed by atoms with Crippen molar-refractivity contribution >= 4 is 5.91 Å². The van der Waals surface area contributed by atoms with Crippen LogP contribution in [0.4, 0.5) is 0 Å². The normalized spacial score (nSPS) is 10.4. The molecule has 1 amide bonds. The summed E-state index contributed by atoms with van der Waals surface area (Å²) in [5, 5.41) is 0. The van der Waals surface area contributed by atoms with Gasteiger partial charge in [0, 0.05) is 38.8 Å². The van der Waals surface area contributed by atoms with Gasteiger partial charge in [-0.25, -0.2) is 9.97 Å². The molecule has 2 heterocycles. The van der Waals surface area contributed by atoms with Crippen LogP contribution in [0.2, 0.25) is 0 Å². The monoisotopic (exact) mass is 275 g/mol. The van der Waals surface area contributed by atoms with Crippen LogP contribution >= 0.6 is 0 Å². The number of hydrogen-bond acceptors (Lipinski definition) is 5. The average molecular weight is 275 g/mol. The average Bonchev–Trinajstić information content (AvgIpc) is 2.76. The van der Waals surface area contributed by atoms with Crippen molar-refractivity contribution in [1.82, 2.24) is 14.9 Å². The molecule has 20 heavy (non-hydrogen) atoms. The fourth-order valence-electron chi connectivity index (χ4n) is 1.93. The number of aromatic nitrogens is 2. The van der Waals surface area contributed by atoms with Gasteiger partial charge in [-0.1, -0.05) is 0 Å². The molecular formula is C14H17N3O3. The molecule has 0 atom stereocenters. The Balaban J connectivity index is 2.65. The summed E-state index contributed by atoms with van der Waals surface area (Å²) >= 11 is 0. The van der Waals surface area contributed by atoms with Gasteiger partial charge in [0.15, 0.2) is 5.89 Å². The van der Waals surface area contributed by atoms with Crippen LogP contribution < -0.4 is 4.74 Å². The number of carbonyl (C=O) groups is 1. The first-order valence-electron chi connectivity index (χ1n) is 6.14. The van der Waals surface area contributed by atoms with E-state index >= 15 is 0 Å². The number of carbonyl (C=O) groups excluding carboxylic acids is 1. The van der Waals surface area contributed by atoms with Gasteiger partial charge in [0.05, 0.1) is 12.7 Å². The second kappa shape index (κ2) is 5.32. The largest absolute Gasteiger partial charge is 0.481 e. The van der Waals surface area contributed by atoms with Crippen LogP contribution in [0.15, 0.2) is 16.7 Å². The van der Waals surface area contributed by atoms with Crippen molar-refractivity contribution in [3.63, 3.8) is 0 Å². The zero-order chi connectivity index (χ0) is 14.9. The Morgan fingerprint density at radius 2 is 2.05 bits per heavy atom. The van der Waals surface area contributed by atoms with Crippen LogP contribution in [0.1, 0.15) is 22.0 Å². The third kappa shape index (κ3) is 2.49. The molecular weight excluding hydrogens is 258 g/mol. The maximum absolute atomic E-state index is 12.2. The molecule has 0 saturated carbocycles. The topological polar surface area (TPSA) is 68.5 Å². The predicted molar refractivity (Wildman–Crippen MR) is 73.8 cm³/mol. The third-order valence-electron chi connectivity index (χ3n) is 2.88. The smallest absolute Gasteiger partial charge is 0.255 e. The molecule has 6 nitrogen and oxygen atoms in total. The van der Waals surface area contributed by atoms with Crippen molar-refractivity contribution in [2.45, 2.75) is 13.8 Å². The number of amides is 1. The molecule has 0 spiro atoms. The highest BCUT2D eigenvalue weighted by Gasteiger charge is 2.20. The minimum absolute atomic E-state index is 0.143. The number of ether oxygens (including phenoxy) is 1. The first-order valence-corrected chi connectivity index (χ1v) is 6.14. The van der Waals surface area contributed by atoms with Crippen molar-refractivity contribution in [3.05, 3.63) is 29.5 Å². The molecule has 0 N–H and O–H groups in total. The number of nitrogens with zero attached hydrogens (tertiary/aromatic N) is 3. The van der Waals surface area contributed by atoms with Crippen LogP contribution in [0.25, 0.3) is 11.3 Å². The van der Waals surface area contributed by atoms with Crippen molar-refractivity contribution < 1.29 is 13.9 Å². The van der Waals surface area contributed by atoms with E-state index < -0.39 is 0 Å². The zero-order valence-corrected chi connectivity index (χ0v) is 12.2. The lowest BCUT2D eigenvalue weighted by Crippen LogP contribution is -2.22. The fraction of sp³-hybridized carbons (Fsp3) is 0.357. The molecule has 2 rings (SSSR count). The molecule has 6 heteroatoms. The summed E-state index contributed by atoms with van der Waals surface area (Å²) in [6.07, 6.45) is 1.50. The maximum atomic E-state index is 12.2. The minimum Gasteiger partial charge on any atom is -0.481 e. The highest BCUT2D eigenvalue weighted by Crippen LogP contribution is 2.29. The summed E-state index contributed by atoms with van der Waals surface area (Å²) in [6, 6.07) is 1.70. The van der Waals surface area contributed by atoms with Crippen molar-refractivity contribution in [2.75, 3.05) is 21.2 Å². The molecule has 0 saturated heterocycles. The Hall–Kier alpha value is -2.37. The van der Waals surface area contributed by atoms with Gasteiger partial charge in [-0.2, -0.15) is 0 Å². The van der Waals surface area contributed by atoms with Gasteiger partial charge in [0.1, 0.15) is 11.5 Å². The lowest BCUT2D eigenvalue weighted by atomic mass is 10.1. The van der Waals surface area contributed by atoms with E-state index in [4.69, 9.17) is 9.15 Å². The summed E-state index contributed by atoms with van der Waals surface area (Å²) in [4.78, 5) is 22.2. The number of aryl methyl sites for hydroxylation is 2. The van der Waals surface area contributed by atoms with Gasteiger partial charge < -0.3 is 14.1 Å². The fourth-order valence-corrected chi connectivity index (χ4v) is 1.93. The molecule has 2 aromatic heterocycles.